The number of azide groups is 1. The molecule has 90 valence electrons. The molecular formula is C11H10N6O. The fourth-order valence-electron chi connectivity index (χ4n) is 1.52. The van der Waals surface area contributed by atoms with Crippen molar-refractivity contribution >= 4 is 17.4 Å². The van der Waals surface area contributed by atoms with E-state index in [1.165, 1.54) is 6.92 Å². The van der Waals surface area contributed by atoms with E-state index in [9.17, 15) is 4.79 Å². The summed E-state index contributed by atoms with van der Waals surface area (Å²) in [6.07, 6.45) is 0. The first-order valence-corrected chi connectivity index (χ1v) is 5.17. The van der Waals surface area contributed by atoms with Crippen molar-refractivity contribution in [3.05, 3.63) is 40.8 Å². The van der Waals surface area contributed by atoms with Crippen molar-refractivity contribution in [2.75, 3.05) is 5.32 Å². The number of anilines is 1. The summed E-state index contributed by atoms with van der Waals surface area (Å²) >= 11 is 0. The highest BCUT2D eigenvalue weighted by Crippen LogP contribution is 2.23. The first-order chi connectivity index (χ1) is 8.69. The standard InChI is InChI=1S/C11H10N6O/c1-7(18)13-9-4-2-3-8(5-9)10-6-11(15-14-10)16-17-12/h2-6H,1H3,(H,13,18)(H,14,15). The second kappa shape index (κ2) is 5.03. The summed E-state index contributed by atoms with van der Waals surface area (Å²) in [6.45, 7) is 1.45. The SMILES string of the molecule is CC(=O)Nc1cccc(-c2cc(N=[N+]=[N-])[nH]n2)c1. The average Bonchev–Trinajstić information content (AvgIpc) is 2.78. The molecular weight excluding hydrogens is 232 g/mol. The highest BCUT2D eigenvalue weighted by Gasteiger charge is 2.04. The van der Waals surface area contributed by atoms with E-state index in [1.807, 2.05) is 12.1 Å². The lowest BCUT2D eigenvalue weighted by molar-refractivity contribution is -0.114. The maximum Gasteiger partial charge on any atom is 0.221 e. The molecule has 0 radical (unpaired) electrons. The molecule has 2 rings (SSSR count). The van der Waals surface area contributed by atoms with Gasteiger partial charge in [-0.3, -0.25) is 9.89 Å². The number of nitrogens with zero attached hydrogens (tertiary/aromatic N) is 4. The molecule has 0 aliphatic carbocycles. The summed E-state index contributed by atoms with van der Waals surface area (Å²) in [7, 11) is 0. The Bertz CT molecular complexity index is 626. The van der Waals surface area contributed by atoms with Crippen LogP contribution in [0.4, 0.5) is 11.5 Å². The molecule has 7 nitrogen and oxygen atoms in total. The number of H-pyrrole nitrogens is 1. The van der Waals surface area contributed by atoms with Crippen LogP contribution in [0.3, 0.4) is 0 Å². The third-order valence-electron chi connectivity index (χ3n) is 2.20. The number of nitrogens with one attached hydrogen (secondary N) is 2. The van der Waals surface area contributed by atoms with Gasteiger partial charge in [-0.25, -0.2) is 0 Å². The lowest BCUT2D eigenvalue weighted by Gasteiger charge is -2.03. The molecule has 0 aliphatic heterocycles. The second-order valence-electron chi connectivity index (χ2n) is 3.59. The number of amides is 1. The predicted octanol–water partition coefficient (Wildman–Crippen LogP) is 2.98. The van der Waals surface area contributed by atoms with Crippen LogP contribution in [0.15, 0.2) is 35.4 Å². The molecule has 2 N–H and O–H groups in total. The monoisotopic (exact) mass is 242 g/mol. The van der Waals surface area contributed by atoms with E-state index in [0.29, 0.717) is 17.2 Å². The molecule has 0 saturated carbocycles. The summed E-state index contributed by atoms with van der Waals surface area (Å²) in [5.41, 5.74) is 10.5. The number of benzene rings is 1. The largest absolute Gasteiger partial charge is 0.326 e. The van der Waals surface area contributed by atoms with Crippen LogP contribution in [0.1, 0.15) is 6.92 Å². The van der Waals surface area contributed by atoms with Crippen LogP contribution in [0.5, 0.6) is 0 Å². The van der Waals surface area contributed by atoms with Crippen LogP contribution in [-0.2, 0) is 4.79 Å². The van der Waals surface area contributed by atoms with Crippen LogP contribution in [-0.4, -0.2) is 16.1 Å². The molecule has 1 amide bonds. The molecule has 0 atom stereocenters. The Morgan fingerprint density at radius 1 is 1.50 bits per heavy atom. The van der Waals surface area contributed by atoms with E-state index in [1.54, 1.807) is 18.2 Å². The lowest BCUT2D eigenvalue weighted by atomic mass is 10.1. The van der Waals surface area contributed by atoms with Crippen LogP contribution < -0.4 is 5.32 Å². The molecule has 1 aromatic carbocycles. The Balaban J connectivity index is 2.31. The Morgan fingerprint density at radius 3 is 3.06 bits per heavy atom. The van der Waals surface area contributed by atoms with E-state index >= 15 is 0 Å². The van der Waals surface area contributed by atoms with Crippen LogP contribution >= 0.6 is 0 Å². The lowest BCUT2D eigenvalue weighted by Crippen LogP contribution is -2.05. The van der Waals surface area contributed by atoms with Crippen LogP contribution in [0.25, 0.3) is 21.7 Å². The van der Waals surface area contributed by atoms with Gasteiger partial charge in [-0.05, 0) is 28.8 Å². The van der Waals surface area contributed by atoms with Crippen molar-refractivity contribution in [3.8, 4) is 11.3 Å². The van der Waals surface area contributed by atoms with Crippen molar-refractivity contribution < 1.29 is 4.79 Å². The molecule has 1 heterocycles. The normalized spacial score (nSPS) is 9.61. The zero-order valence-electron chi connectivity index (χ0n) is 9.58. The number of hydrogen-bond donors (Lipinski definition) is 2. The Hall–Kier alpha value is -2.79. The smallest absolute Gasteiger partial charge is 0.221 e. The van der Waals surface area contributed by atoms with E-state index < -0.39 is 0 Å². The minimum absolute atomic E-state index is 0.135. The zero-order chi connectivity index (χ0) is 13.0. The number of carbonyl (C=O) groups is 1. The molecule has 0 unspecified atom stereocenters. The molecule has 0 fully saturated rings. The van der Waals surface area contributed by atoms with Gasteiger partial charge in [-0.1, -0.05) is 12.1 Å². The maximum atomic E-state index is 11.0. The number of aromatic amines is 1. The van der Waals surface area contributed by atoms with Gasteiger partial charge in [0.05, 0.1) is 5.69 Å². The third-order valence-corrected chi connectivity index (χ3v) is 2.20. The van der Waals surface area contributed by atoms with Crippen LogP contribution in [0.2, 0.25) is 0 Å². The zero-order valence-corrected chi connectivity index (χ0v) is 9.58. The molecule has 18 heavy (non-hydrogen) atoms. The average molecular weight is 242 g/mol. The van der Waals surface area contributed by atoms with Crippen molar-refractivity contribution in [2.45, 2.75) is 6.92 Å². The van der Waals surface area contributed by atoms with Gasteiger partial charge in [-0.2, -0.15) is 5.10 Å². The summed E-state index contributed by atoms with van der Waals surface area (Å²) in [5.74, 6) is 0.210. The quantitative estimate of drug-likeness (QED) is 0.490. The minimum atomic E-state index is -0.135. The van der Waals surface area contributed by atoms with Gasteiger partial charge in [0.2, 0.25) is 5.91 Å². The molecule has 0 bridgehead atoms. The number of aromatic nitrogens is 2. The Labute approximate surface area is 102 Å². The van der Waals surface area contributed by atoms with Gasteiger partial charge in [0, 0.05) is 23.1 Å². The van der Waals surface area contributed by atoms with Gasteiger partial charge in [0.25, 0.3) is 0 Å². The Kier molecular flexibility index (Phi) is 3.26. The van der Waals surface area contributed by atoms with E-state index in [-0.39, 0.29) is 5.91 Å². The highest BCUT2D eigenvalue weighted by atomic mass is 16.1. The van der Waals surface area contributed by atoms with Crippen molar-refractivity contribution in [3.63, 3.8) is 0 Å². The van der Waals surface area contributed by atoms with Gasteiger partial charge in [0.15, 0.2) is 0 Å². The molecule has 0 saturated heterocycles. The molecule has 0 aliphatic rings. The fourth-order valence-corrected chi connectivity index (χ4v) is 1.52. The molecule has 0 spiro atoms. The number of rotatable bonds is 3. The summed E-state index contributed by atoms with van der Waals surface area (Å²) in [4.78, 5) is 13.6. The van der Waals surface area contributed by atoms with Crippen LogP contribution in [0, 0.1) is 0 Å². The molecule has 1 aromatic heterocycles. The summed E-state index contributed by atoms with van der Waals surface area (Å²) in [6, 6.07) is 8.86. The number of hydrogen-bond acceptors (Lipinski definition) is 3. The Morgan fingerprint density at radius 2 is 2.33 bits per heavy atom. The molecule has 2 aromatic rings. The maximum absolute atomic E-state index is 11.0. The highest BCUT2D eigenvalue weighted by molar-refractivity contribution is 5.89. The molecule has 7 heteroatoms. The van der Waals surface area contributed by atoms with Crippen molar-refractivity contribution in [1.29, 1.82) is 0 Å². The second-order valence-corrected chi connectivity index (χ2v) is 3.59. The summed E-state index contributed by atoms with van der Waals surface area (Å²) < 4.78 is 0. The first-order valence-electron chi connectivity index (χ1n) is 5.17. The van der Waals surface area contributed by atoms with Gasteiger partial charge < -0.3 is 5.32 Å². The van der Waals surface area contributed by atoms with Gasteiger partial charge in [0.1, 0.15) is 5.82 Å². The third kappa shape index (κ3) is 2.66. The fraction of sp³-hybridized carbons (Fsp3) is 0.0909. The minimum Gasteiger partial charge on any atom is -0.326 e. The van der Waals surface area contributed by atoms with Crippen molar-refractivity contribution in [1.82, 2.24) is 10.2 Å². The van der Waals surface area contributed by atoms with Gasteiger partial charge >= 0.3 is 0 Å². The topological polar surface area (TPSA) is 107 Å². The van der Waals surface area contributed by atoms with Crippen molar-refractivity contribution in [2.24, 2.45) is 5.11 Å². The van der Waals surface area contributed by atoms with Gasteiger partial charge in [-0.15, -0.1) is 0 Å². The van der Waals surface area contributed by atoms with E-state index in [2.05, 4.69) is 25.5 Å². The first kappa shape index (κ1) is 11.7. The predicted molar refractivity (Wildman–Crippen MR) is 67.1 cm³/mol. The summed E-state index contributed by atoms with van der Waals surface area (Å²) in [5, 5.41) is 12.7. The number of carbonyl (C=O) groups excluding carboxylic acids is 1. The van der Waals surface area contributed by atoms with E-state index in [4.69, 9.17) is 5.53 Å². The van der Waals surface area contributed by atoms with E-state index in [0.717, 1.165) is 5.56 Å².